The summed E-state index contributed by atoms with van der Waals surface area (Å²) in [4.78, 5) is 2.98. The standard InChI is InChI=1S/C7H5F4N3/c8-2-1-3(9)6(14-7(12)13)5(11)4(2)10/h1H,(H4,12,13,14). The van der Waals surface area contributed by atoms with Crippen molar-refractivity contribution in [1.29, 1.82) is 0 Å². The summed E-state index contributed by atoms with van der Waals surface area (Å²) in [5.74, 6) is -7.28. The second kappa shape index (κ2) is 3.52. The van der Waals surface area contributed by atoms with Crippen molar-refractivity contribution in [2.75, 3.05) is 0 Å². The van der Waals surface area contributed by atoms with Crippen molar-refractivity contribution in [1.82, 2.24) is 0 Å². The third-order valence-corrected chi connectivity index (χ3v) is 1.33. The van der Waals surface area contributed by atoms with Crippen molar-refractivity contribution in [3.63, 3.8) is 0 Å². The summed E-state index contributed by atoms with van der Waals surface area (Å²) in [6.07, 6.45) is 0. The lowest BCUT2D eigenvalue weighted by atomic mass is 10.2. The molecule has 0 fully saturated rings. The number of hydrogen-bond donors (Lipinski definition) is 2. The fourth-order valence-corrected chi connectivity index (χ4v) is 0.788. The van der Waals surface area contributed by atoms with Gasteiger partial charge in [-0.05, 0) is 0 Å². The largest absolute Gasteiger partial charge is 0.370 e. The van der Waals surface area contributed by atoms with E-state index in [0.717, 1.165) is 0 Å². The van der Waals surface area contributed by atoms with E-state index in [1.54, 1.807) is 0 Å². The number of guanidine groups is 1. The SMILES string of the molecule is NC(N)=Nc1c(F)cc(F)c(F)c1F. The van der Waals surface area contributed by atoms with E-state index in [1.165, 1.54) is 0 Å². The quantitative estimate of drug-likeness (QED) is 0.238. The Kier molecular flexibility index (Phi) is 2.59. The van der Waals surface area contributed by atoms with Gasteiger partial charge in [0, 0.05) is 6.07 Å². The highest BCUT2D eigenvalue weighted by molar-refractivity contribution is 5.79. The zero-order valence-electron chi connectivity index (χ0n) is 6.69. The van der Waals surface area contributed by atoms with Crippen LogP contribution in [-0.4, -0.2) is 5.96 Å². The van der Waals surface area contributed by atoms with Gasteiger partial charge in [0.1, 0.15) is 5.69 Å². The Morgan fingerprint density at radius 2 is 1.57 bits per heavy atom. The molecule has 14 heavy (non-hydrogen) atoms. The van der Waals surface area contributed by atoms with Crippen LogP contribution in [0.2, 0.25) is 0 Å². The second-order valence-corrected chi connectivity index (χ2v) is 2.35. The van der Waals surface area contributed by atoms with Gasteiger partial charge < -0.3 is 11.5 Å². The lowest BCUT2D eigenvalue weighted by molar-refractivity contribution is 0.436. The molecule has 0 aliphatic carbocycles. The lowest BCUT2D eigenvalue weighted by Crippen LogP contribution is -2.22. The molecule has 76 valence electrons. The molecule has 0 atom stereocenters. The zero-order chi connectivity index (χ0) is 10.9. The molecule has 4 N–H and O–H groups in total. The Bertz CT molecular complexity index is 398. The number of rotatable bonds is 1. The third kappa shape index (κ3) is 1.76. The Balaban J connectivity index is 3.44. The van der Waals surface area contributed by atoms with Gasteiger partial charge in [-0.25, -0.2) is 22.6 Å². The molecule has 1 aromatic carbocycles. The van der Waals surface area contributed by atoms with Crippen LogP contribution < -0.4 is 11.5 Å². The number of hydrogen-bond acceptors (Lipinski definition) is 1. The fourth-order valence-electron chi connectivity index (χ4n) is 0.788. The average Bonchev–Trinajstić information content (AvgIpc) is 2.09. The summed E-state index contributed by atoms with van der Waals surface area (Å²) < 4.78 is 50.5. The van der Waals surface area contributed by atoms with E-state index in [0.29, 0.717) is 0 Å². The van der Waals surface area contributed by atoms with Crippen LogP contribution in [0.1, 0.15) is 0 Å². The Morgan fingerprint density at radius 3 is 2.07 bits per heavy atom. The van der Waals surface area contributed by atoms with Crippen LogP contribution in [0.25, 0.3) is 0 Å². The van der Waals surface area contributed by atoms with E-state index in [1.807, 2.05) is 0 Å². The topological polar surface area (TPSA) is 64.4 Å². The first-order valence-corrected chi connectivity index (χ1v) is 3.36. The molecule has 0 aliphatic heterocycles. The number of aliphatic imine (C=N–C) groups is 1. The van der Waals surface area contributed by atoms with Crippen LogP contribution in [0.3, 0.4) is 0 Å². The predicted molar refractivity (Wildman–Crippen MR) is 41.7 cm³/mol. The number of nitrogens with zero attached hydrogens (tertiary/aromatic N) is 1. The van der Waals surface area contributed by atoms with E-state index in [4.69, 9.17) is 11.5 Å². The predicted octanol–water partition coefficient (Wildman–Crippen LogP) is 1.15. The molecule has 7 heteroatoms. The number of nitrogens with two attached hydrogens (primary N) is 2. The molecule has 0 unspecified atom stereocenters. The highest BCUT2D eigenvalue weighted by Crippen LogP contribution is 2.25. The first-order chi connectivity index (χ1) is 6.43. The maximum Gasteiger partial charge on any atom is 0.196 e. The molecule has 1 rings (SSSR count). The fraction of sp³-hybridized carbons (Fsp3) is 0. The Morgan fingerprint density at radius 1 is 1.00 bits per heavy atom. The van der Waals surface area contributed by atoms with Crippen molar-refractivity contribution in [2.45, 2.75) is 0 Å². The maximum absolute atomic E-state index is 12.8. The summed E-state index contributed by atoms with van der Waals surface area (Å²) in [6.45, 7) is 0. The van der Waals surface area contributed by atoms with Gasteiger partial charge in [-0.1, -0.05) is 0 Å². The highest BCUT2D eigenvalue weighted by Gasteiger charge is 2.18. The van der Waals surface area contributed by atoms with Gasteiger partial charge in [0.2, 0.25) is 0 Å². The highest BCUT2D eigenvalue weighted by atomic mass is 19.2. The van der Waals surface area contributed by atoms with Crippen molar-refractivity contribution in [3.8, 4) is 0 Å². The lowest BCUT2D eigenvalue weighted by Gasteiger charge is -2.01. The molecule has 0 saturated heterocycles. The van der Waals surface area contributed by atoms with Gasteiger partial charge in [-0.3, -0.25) is 0 Å². The minimum absolute atomic E-state index is 0.153. The molecule has 0 amide bonds. The van der Waals surface area contributed by atoms with Crippen LogP contribution in [-0.2, 0) is 0 Å². The molecular weight excluding hydrogens is 202 g/mol. The second-order valence-electron chi connectivity index (χ2n) is 2.35. The molecule has 0 radical (unpaired) electrons. The van der Waals surface area contributed by atoms with Crippen molar-refractivity contribution in [2.24, 2.45) is 16.5 Å². The summed E-state index contributed by atoms with van der Waals surface area (Å²) in [7, 11) is 0. The van der Waals surface area contributed by atoms with E-state index >= 15 is 0 Å². The minimum Gasteiger partial charge on any atom is -0.370 e. The first-order valence-electron chi connectivity index (χ1n) is 3.36. The Labute approximate surface area is 76.0 Å². The van der Waals surface area contributed by atoms with Crippen LogP contribution in [0.4, 0.5) is 23.2 Å². The van der Waals surface area contributed by atoms with Gasteiger partial charge in [-0.15, -0.1) is 0 Å². The van der Waals surface area contributed by atoms with Gasteiger partial charge in [0.25, 0.3) is 0 Å². The molecule has 0 saturated carbocycles. The van der Waals surface area contributed by atoms with Crippen LogP contribution in [0, 0.1) is 23.3 Å². The van der Waals surface area contributed by atoms with Gasteiger partial charge in [0.05, 0.1) is 0 Å². The summed E-state index contributed by atoms with van der Waals surface area (Å²) in [5.41, 5.74) is 8.61. The van der Waals surface area contributed by atoms with Crippen molar-refractivity contribution >= 4 is 11.6 Å². The normalized spacial score (nSPS) is 10.0. The summed E-state index contributed by atoms with van der Waals surface area (Å²) in [6, 6.07) is 0.153. The first kappa shape index (κ1) is 10.3. The molecule has 0 bridgehead atoms. The zero-order valence-corrected chi connectivity index (χ0v) is 6.69. The van der Waals surface area contributed by atoms with Gasteiger partial charge in [0.15, 0.2) is 29.2 Å². The summed E-state index contributed by atoms with van der Waals surface area (Å²) >= 11 is 0. The van der Waals surface area contributed by atoms with E-state index in [-0.39, 0.29) is 6.07 Å². The van der Waals surface area contributed by atoms with Crippen molar-refractivity contribution < 1.29 is 17.6 Å². The van der Waals surface area contributed by atoms with Gasteiger partial charge in [-0.2, -0.15) is 0 Å². The molecular formula is C7H5F4N3. The molecule has 0 aromatic heterocycles. The minimum atomic E-state index is -1.83. The molecule has 1 aromatic rings. The number of benzene rings is 1. The Hall–Kier alpha value is -1.79. The van der Waals surface area contributed by atoms with Crippen molar-refractivity contribution in [3.05, 3.63) is 29.3 Å². The van der Waals surface area contributed by atoms with E-state index in [9.17, 15) is 17.6 Å². The van der Waals surface area contributed by atoms with E-state index < -0.39 is 34.9 Å². The average molecular weight is 207 g/mol. The van der Waals surface area contributed by atoms with Gasteiger partial charge >= 0.3 is 0 Å². The molecule has 0 aliphatic rings. The van der Waals surface area contributed by atoms with Crippen LogP contribution >= 0.6 is 0 Å². The molecule has 0 heterocycles. The van der Waals surface area contributed by atoms with Crippen LogP contribution in [0.5, 0.6) is 0 Å². The molecule has 0 spiro atoms. The summed E-state index contributed by atoms with van der Waals surface area (Å²) in [5, 5.41) is 0. The smallest absolute Gasteiger partial charge is 0.196 e. The van der Waals surface area contributed by atoms with Crippen LogP contribution in [0.15, 0.2) is 11.1 Å². The molecule has 3 nitrogen and oxygen atoms in total. The monoisotopic (exact) mass is 207 g/mol. The van der Waals surface area contributed by atoms with E-state index in [2.05, 4.69) is 4.99 Å². The number of halogens is 4. The maximum atomic E-state index is 12.8. The third-order valence-electron chi connectivity index (χ3n) is 1.33.